The van der Waals surface area contributed by atoms with Crippen LogP contribution in [0.2, 0.25) is 5.02 Å². The smallest absolute Gasteiger partial charge is 0.232 e. The van der Waals surface area contributed by atoms with Crippen molar-refractivity contribution in [3.63, 3.8) is 0 Å². The highest BCUT2D eigenvalue weighted by Crippen LogP contribution is 2.20. The Balaban J connectivity index is 1.84. The van der Waals surface area contributed by atoms with E-state index in [1.54, 1.807) is 24.3 Å². The molecule has 0 saturated heterocycles. The molecule has 23 heavy (non-hydrogen) atoms. The lowest BCUT2D eigenvalue weighted by Crippen LogP contribution is -2.22. The summed E-state index contributed by atoms with van der Waals surface area (Å²) in [6, 6.07) is 14.8. The normalized spacial score (nSPS) is 11.1. The number of oxime groups is 1. The quantitative estimate of drug-likeness (QED) is 0.483. The number of aryl methyl sites for hydroxylation is 1. The van der Waals surface area contributed by atoms with Crippen LogP contribution < -0.4 is 11.1 Å². The van der Waals surface area contributed by atoms with Gasteiger partial charge in [-0.05, 0) is 30.2 Å². The van der Waals surface area contributed by atoms with E-state index < -0.39 is 0 Å². The molecule has 0 unspecified atom stereocenters. The molecule has 5 nitrogen and oxygen atoms in total. The number of halogens is 1. The van der Waals surface area contributed by atoms with Crippen molar-refractivity contribution in [2.75, 3.05) is 5.32 Å². The topological polar surface area (TPSA) is 76.7 Å². The van der Waals surface area contributed by atoms with Crippen molar-refractivity contribution in [1.82, 2.24) is 0 Å². The second kappa shape index (κ2) is 8.19. The number of benzene rings is 2. The predicted octanol–water partition coefficient (Wildman–Crippen LogP) is 3.47. The van der Waals surface area contributed by atoms with Gasteiger partial charge in [0.25, 0.3) is 0 Å². The number of anilines is 1. The third kappa shape index (κ3) is 5.30. The average molecular weight is 332 g/mol. The summed E-state index contributed by atoms with van der Waals surface area (Å²) < 4.78 is 0. The number of amidine groups is 1. The van der Waals surface area contributed by atoms with Gasteiger partial charge in [0.1, 0.15) is 12.4 Å². The summed E-state index contributed by atoms with van der Waals surface area (Å²) in [6.45, 7) is 2.29. The zero-order valence-electron chi connectivity index (χ0n) is 12.8. The van der Waals surface area contributed by atoms with Crippen molar-refractivity contribution in [3.05, 3.63) is 64.7 Å². The fourth-order valence-electron chi connectivity index (χ4n) is 1.91. The summed E-state index contributed by atoms with van der Waals surface area (Å²) in [5, 5.41) is 6.90. The van der Waals surface area contributed by atoms with Gasteiger partial charge in [-0.1, -0.05) is 53.2 Å². The number of carbonyl (C=O) groups excluding carboxylic acids is 1. The Morgan fingerprint density at radius 3 is 2.65 bits per heavy atom. The van der Waals surface area contributed by atoms with E-state index in [0.717, 1.165) is 11.1 Å². The summed E-state index contributed by atoms with van der Waals surface area (Å²) >= 11 is 5.97. The molecule has 1 amide bonds. The van der Waals surface area contributed by atoms with Gasteiger partial charge in [0.2, 0.25) is 5.91 Å². The minimum Gasteiger partial charge on any atom is -0.389 e. The van der Waals surface area contributed by atoms with Gasteiger partial charge >= 0.3 is 0 Å². The highest BCUT2D eigenvalue weighted by molar-refractivity contribution is 6.33. The van der Waals surface area contributed by atoms with Crippen LogP contribution in [0, 0.1) is 6.92 Å². The molecule has 3 N–H and O–H groups in total. The maximum absolute atomic E-state index is 11.9. The molecular formula is C17H18ClN3O2. The average Bonchev–Trinajstić information content (AvgIpc) is 2.51. The second-order valence-electron chi connectivity index (χ2n) is 4.99. The van der Waals surface area contributed by atoms with Crippen LogP contribution >= 0.6 is 11.6 Å². The minimum atomic E-state index is -0.307. The van der Waals surface area contributed by atoms with Crippen LogP contribution in [0.25, 0.3) is 0 Å². The van der Waals surface area contributed by atoms with Crippen molar-refractivity contribution in [2.24, 2.45) is 10.9 Å². The van der Waals surface area contributed by atoms with Gasteiger partial charge in [-0.2, -0.15) is 0 Å². The Hall–Kier alpha value is -2.53. The maximum atomic E-state index is 11.9. The second-order valence-corrected chi connectivity index (χ2v) is 5.39. The number of nitrogens with zero attached hydrogens (tertiary/aromatic N) is 1. The number of hydrogen-bond acceptors (Lipinski definition) is 3. The summed E-state index contributed by atoms with van der Waals surface area (Å²) in [4.78, 5) is 17.1. The molecule has 0 spiro atoms. The molecule has 2 aromatic rings. The lowest BCUT2D eigenvalue weighted by Gasteiger charge is -2.07. The molecule has 2 aromatic carbocycles. The molecule has 0 aliphatic heterocycles. The zero-order valence-corrected chi connectivity index (χ0v) is 13.5. The molecule has 0 aromatic heterocycles. The van der Waals surface area contributed by atoms with Crippen molar-refractivity contribution in [3.8, 4) is 0 Å². The number of amides is 1. The van der Waals surface area contributed by atoms with Crippen LogP contribution in [0.1, 0.15) is 17.5 Å². The van der Waals surface area contributed by atoms with Crippen molar-refractivity contribution in [1.29, 1.82) is 0 Å². The fourth-order valence-corrected chi connectivity index (χ4v) is 2.09. The van der Waals surface area contributed by atoms with Gasteiger partial charge in [-0.15, -0.1) is 0 Å². The zero-order chi connectivity index (χ0) is 16.7. The first-order valence-electron chi connectivity index (χ1n) is 7.09. The van der Waals surface area contributed by atoms with Crippen LogP contribution in [0.15, 0.2) is 53.7 Å². The van der Waals surface area contributed by atoms with E-state index in [1.165, 1.54) is 0 Å². The Kier molecular flexibility index (Phi) is 6.00. The van der Waals surface area contributed by atoms with Gasteiger partial charge in [-0.25, -0.2) is 0 Å². The number of rotatable bonds is 6. The Morgan fingerprint density at radius 1 is 1.22 bits per heavy atom. The van der Waals surface area contributed by atoms with E-state index in [2.05, 4.69) is 10.5 Å². The monoisotopic (exact) mass is 331 g/mol. The molecule has 0 fully saturated rings. The van der Waals surface area contributed by atoms with E-state index >= 15 is 0 Å². The molecular weight excluding hydrogens is 314 g/mol. The van der Waals surface area contributed by atoms with Gasteiger partial charge < -0.3 is 15.9 Å². The highest BCUT2D eigenvalue weighted by atomic mass is 35.5. The maximum Gasteiger partial charge on any atom is 0.232 e. The van der Waals surface area contributed by atoms with Crippen LogP contribution in [0.5, 0.6) is 0 Å². The molecule has 0 heterocycles. The van der Waals surface area contributed by atoms with Crippen LogP contribution in [0.4, 0.5) is 5.69 Å². The standard InChI is InChI=1S/C17H18ClN3O2/c1-12-6-2-3-7-13(12)11-23-21-16(19)10-17(22)20-15-9-5-4-8-14(15)18/h2-9H,10-11H2,1H3,(H2,19,21)(H,20,22). The van der Waals surface area contributed by atoms with Gasteiger partial charge in [0.15, 0.2) is 0 Å². The first-order valence-corrected chi connectivity index (χ1v) is 7.47. The van der Waals surface area contributed by atoms with Crippen molar-refractivity contribution < 1.29 is 9.63 Å². The molecule has 0 radical (unpaired) electrons. The number of nitrogens with one attached hydrogen (secondary N) is 1. The predicted molar refractivity (Wildman–Crippen MR) is 92.3 cm³/mol. The SMILES string of the molecule is Cc1ccccc1CON=C(N)CC(=O)Nc1ccccc1Cl. The van der Waals surface area contributed by atoms with E-state index in [-0.39, 0.29) is 18.2 Å². The molecule has 0 saturated carbocycles. The fraction of sp³-hybridized carbons (Fsp3) is 0.176. The third-order valence-electron chi connectivity index (χ3n) is 3.15. The molecule has 120 valence electrons. The summed E-state index contributed by atoms with van der Waals surface area (Å²) in [5.41, 5.74) is 8.36. The molecule has 0 aliphatic carbocycles. The van der Waals surface area contributed by atoms with Crippen molar-refractivity contribution >= 4 is 29.0 Å². The lowest BCUT2D eigenvalue weighted by atomic mass is 10.1. The van der Waals surface area contributed by atoms with Gasteiger partial charge in [0, 0.05) is 0 Å². The lowest BCUT2D eigenvalue weighted by molar-refractivity contribution is -0.115. The van der Waals surface area contributed by atoms with E-state index in [9.17, 15) is 4.79 Å². The molecule has 2 rings (SSSR count). The van der Waals surface area contributed by atoms with Crippen molar-refractivity contribution in [2.45, 2.75) is 20.0 Å². The minimum absolute atomic E-state index is 0.0704. The van der Waals surface area contributed by atoms with Crippen LogP contribution in [0.3, 0.4) is 0 Å². The third-order valence-corrected chi connectivity index (χ3v) is 3.48. The Labute approximate surface area is 140 Å². The summed E-state index contributed by atoms with van der Waals surface area (Å²) in [7, 11) is 0. The van der Waals surface area contributed by atoms with E-state index in [0.29, 0.717) is 17.3 Å². The molecule has 0 bridgehead atoms. The summed E-state index contributed by atoms with van der Waals surface area (Å²) in [5.74, 6) is -0.207. The number of carbonyl (C=O) groups is 1. The molecule has 0 aliphatic rings. The largest absolute Gasteiger partial charge is 0.389 e. The molecule has 6 heteroatoms. The Morgan fingerprint density at radius 2 is 1.91 bits per heavy atom. The van der Waals surface area contributed by atoms with Gasteiger partial charge in [0.05, 0.1) is 17.1 Å². The van der Waals surface area contributed by atoms with E-state index in [4.69, 9.17) is 22.2 Å². The first-order chi connectivity index (χ1) is 11.1. The number of para-hydroxylation sites is 1. The van der Waals surface area contributed by atoms with E-state index in [1.807, 2.05) is 31.2 Å². The highest BCUT2D eigenvalue weighted by Gasteiger charge is 2.08. The Bertz CT molecular complexity index is 716. The molecule has 0 atom stereocenters. The van der Waals surface area contributed by atoms with Crippen LogP contribution in [-0.4, -0.2) is 11.7 Å². The number of nitrogens with two attached hydrogens (primary N) is 1. The van der Waals surface area contributed by atoms with Gasteiger partial charge in [-0.3, -0.25) is 4.79 Å². The summed E-state index contributed by atoms with van der Waals surface area (Å²) in [6.07, 6.45) is -0.0704. The van der Waals surface area contributed by atoms with Crippen LogP contribution in [-0.2, 0) is 16.2 Å². The first kappa shape index (κ1) is 16.8. The number of hydrogen-bond donors (Lipinski definition) is 2.